The van der Waals surface area contributed by atoms with Gasteiger partial charge in [0.1, 0.15) is 12.1 Å². The highest BCUT2D eigenvalue weighted by Crippen LogP contribution is 2.29. The second-order valence-corrected chi connectivity index (χ2v) is 7.34. The van der Waals surface area contributed by atoms with E-state index in [1.807, 2.05) is 56.3 Å². The molecule has 160 valence electrons. The first kappa shape index (κ1) is 23.4. The summed E-state index contributed by atoms with van der Waals surface area (Å²) in [6, 6.07) is 14.3. The molecule has 8 heteroatoms. The van der Waals surface area contributed by atoms with Gasteiger partial charge in [-0.25, -0.2) is 4.79 Å². The first-order chi connectivity index (χ1) is 13.8. The lowest BCUT2D eigenvalue weighted by Gasteiger charge is -2.22. The zero-order valence-corrected chi connectivity index (χ0v) is 18.1. The van der Waals surface area contributed by atoms with Gasteiger partial charge in [-0.3, -0.25) is 14.5 Å². The molecule has 1 atom stereocenters. The van der Waals surface area contributed by atoms with Crippen molar-refractivity contribution in [1.29, 1.82) is 0 Å². The number of urea groups is 1. The van der Waals surface area contributed by atoms with Gasteiger partial charge in [-0.05, 0) is 43.7 Å². The van der Waals surface area contributed by atoms with E-state index in [-0.39, 0.29) is 19.0 Å². The summed E-state index contributed by atoms with van der Waals surface area (Å²) in [4.78, 5) is 38.8. The molecule has 1 fully saturated rings. The Balaban J connectivity index is 0.00000320. The van der Waals surface area contributed by atoms with E-state index in [1.165, 1.54) is 0 Å². The van der Waals surface area contributed by atoms with Crippen molar-refractivity contribution in [2.75, 3.05) is 18.4 Å². The monoisotopic (exact) mass is 430 g/mol. The minimum atomic E-state index is -1.18. The lowest BCUT2D eigenvalue weighted by molar-refractivity contribution is -0.133. The van der Waals surface area contributed by atoms with Crippen molar-refractivity contribution in [3.63, 3.8) is 0 Å². The number of imide groups is 1. The molecule has 30 heavy (non-hydrogen) atoms. The van der Waals surface area contributed by atoms with E-state index < -0.39 is 23.4 Å². The number of anilines is 1. The van der Waals surface area contributed by atoms with Gasteiger partial charge in [0.2, 0.25) is 5.91 Å². The zero-order chi connectivity index (χ0) is 21.0. The predicted octanol–water partition coefficient (Wildman–Crippen LogP) is 2.93. The lowest BCUT2D eigenvalue weighted by Crippen LogP contribution is -2.42. The molecule has 0 aliphatic carbocycles. The fraction of sp³-hybridized carbons (Fsp3) is 0.318. The van der Waals surface area contributed by atoms with Crippen molar-refractivity contribution < 1.29 is 14.4 Å². The average Bonchev–Trinajstić information content (AvgIpc) is 2.91. The van der Waals surface area contributed by atoms with Crippen LogP contribution in [0.5, 0.6) is 0 Å². The molecule has 7 nitrogen and oxygen atoms in total. The molecule has 1 aliphatic heterocycles. The largest absolute Gasteiger partial charge is 0.325 e. The smallest absolute Gasteiger partial charge is 0.325 e. The minimum Gasteiger partial charge on any atom is -0.325 e. The van der Waals surface area contributed by atoms with E-state index in [0.29, 0.717) is 17.8 Å². The number of amides is 4. The summed E-state index contributed by atoms with van der Waals surface area (Å²) in [5.41, 5.74) is 2.21. The number of hydrogen-bond acceptors (Lipinski definition) is 4. The molecule has 0 spiro atoms. The maximum Gasteiger partial charge on any atom is 0.325 e. The summed E-state index contributed by atoms with van der Waals surface area (Å²) in [6.45, 7) is 6.83. The van der Waals surface area contributed by atoms with Gasteiger partial charge in [0.15, 0.2) is 0 Å². The van der Waals surface area contributed by atoms with Crippen LogP contribution in [0.25, 0.3) is 0 Å². The Hall–Kier alpha value is -2.90. The molecule has 3 N–H and O–H groups in total. The van der Waals surface area contributed by atoms with Crippen molar-refractivity contribution in [1.82, 2.24) is 15.5 Å². The summed E-state index contributed by atoms with van der Waals surface area (Å²) >= 11 is 0. The molecule has 0 saturated carbocycles. The Kier molecular flexibility index (Phi) is 7.59. The number of carbonyl (C=O) groups is 3. The maximum atomic E-state index is 12.9. The number of halogens is 1. The summed E-state index contributed by atoms with van der Waals surface area (Å²) in [5.74, 6) is -0.871. The van der Waals surface area contributed by atoms with Crippen molar-refractivity contribution in [2.45, 2.75) is 32.9 Å². The Morgan fingerprint density at radius 1 is 1.13 bits per heavy atom. The van der Waals surface area contributed by atoms with Crippen molar-refractivity contribution in [2.24, 2.45) is 0 Å². The number of nitrogens with zero attached hydrogens (tertiary/aromatic N) is 1. The van der Waals surface area contributed by atoms with E-state index >= 15 is 0 Å². The third-order valence-corrected chi connectivity index (χ3v) is 5.00. The van der Waals surface area contributed by atoms with Gasteiger partial charge >= 0.3 is 6.03 Å². The third-order valence-electron chi connectivity index (χ3n) is 5.00. The molecule has 0 aromatic heterocycles. The molecule has 1 heterocycles. The van der Waals surface area contributed by atoms with Crippen molar-refractivity contribution in [3.8, 4) is 0 Å². The van der Waals surface area contributed by atoms with E-state index in [4.69, 9.17) is 0 Å². The molecule has 2 aromatic rings. The number of carbonyl (C=O) groups excluding carboxylic acids is 3. The number of aryl methyl sites for hydroxylation is 1. The van der Waals surface area contributed by atoms with Gasteiger partial charge in [0.25, 0.3) is 5.91 Å². The standard InChI is InChI=1S/C22H26N4O3.ClH/c1-4-23-13-16-6-5-7-18(12-16)24-19(27)14-26-20(28)22(3,25-21(26)29)17-10-8-15(2)9-11-17;/h5-12,23H,4,13-14H2,1-3H3,(H,24,27)(H,25,29);1H. The summed E-state index contributed by atoms with van der Waals surface area (Å²) in [5, 5.41) is 8.70. The van der Waals surface area contributed by atoms with Gasteiger partial charge in [0.05, 0.1) is 0 Å². The minimum absolute atomic E-state index is 0. The molecular weight excluding hydrogens is 404 g/mol. The summed E-state index contributed by atoms with van der Waals surface area (Å²) in [6.07, 6.45) is 0. The highest BCUT2D eigenvalue weighted by atomic mass is 35.5. The Bertz CT molecular complexity index is 932. The Morgan fingerprint density at radius 3 is 2.50 bits per heavy atom. The average molecular weight is 431 g/mol. The molecule has 0 radical (unpaired) electrons. The highest BCUT2D eigenvalue weighted by molar-refractivity contribution is 6.10. The van der Waals surface area contributed by atoms with Gasteiger partial charge in [-0.2, -0.15) is 0 Å². The first-order valence-electron chi connectivity index (χ1n) is 9.64. The molecule has 1 saturated heterocycles. The van der Waals surface area contributed by atoms with Crippen molar-refractivity contribution >= 4 is 35.9 Å². The predicted molar refractivity (Wildman–Crippen MR) is 118 cm³/mol. The van der Waals surface area contributed by atoms with Crippen LogP contribution < -0.4 is 16.0 Å². The number of nitrogens with one attached hydrogen (secondary N) is 3. The molecule has 1 aliphatic rings. The van der Waals surface area contributed by atoms with Crippen LogP contribution in [0.1, 0.15) is 30.5 Å². The second-order valence-electron chi connectivity index (χ2n) is 7.34. The van der Waals surface area contributed by atoms with Gasteiger partial charge in [0, 0.05) is 12.2 Å². The van der Waals surface area contributed by atoms with Gasteiger partial charge in [-0.1, -0.05) is 48.9 Å². The summed E-state index contributed by atoms with van der Waals surface area (Å²) in [7, 11) is 0. The molecule has 4 amide bonds. The second kappa shape index (κ2) is 9.73. The van der Waals surface area contributed by atoms with E-state index in [2.05, 4.69) is 16.0 Å². The van der Waals surface area contributed by atoms with E-state index in [1.54, 1.807) is 13.0 Å². The molecule has 0 bridgehead atoms. The number of benzene rings is 2. The van der Waals surface area contributed by atoms with E-state index in [0.717, 1.165) is 22.6 Å². The highest BCUT2D eigenvalue weighted by Gasteiger charge is 2.49. The molecule has 1 unspecified atom stereocenters. The molecule has 2 aromatic carbocycles. The lowest BCUT2D eigenvalue weighted by atomic mass is 9.91. The van der Waals surface area contributed by atoms with Crippen LogP contribution in [0.4, 0.5) is 10.5 Å². The first-order valence-corrected chi connectivity index (χ1v) is 9.64. The fourth-order valence-corrected chi connectivity index (χ4v) is 3.30. The van der Waals surface area contributed by atoms with Crippen LogP contribution >= 0.6 is 12.4 Å². The van der Waals surface area contributed by atoms with Crippen LogP contribution in [0.2, 0.25) is 0 Å². The Morgan fingerprint density at radius 2 is 1.83 bits per heavy atom. The van der Waals surface area contributed by atoms with Crippen molar-refractivity contribution in [3.05, 3.63) is 65.2 Å². The van der Waals surface area contributed by atoms with Crippen LogP contribution in [-0.4, -0.2) is 35.8 Å². The SMILES string of the molecule is CCNCc1cccc(NC(=O)CN2C(=O)NC(C)(c3ccc(C)cc3)C2=O)c1.Cl. The number of rotatable bonds is 7. The maximum absolute atomic E-state index is 12.9. The topological polar surface area (TPSA) is 90.5 Å². The zero-order valence-electron chi connectivity index (χ0n) is 17.3. The van der Waals surface area contributed by atoms with Gasteiger partial charge < -0.3 is 16.0 Å². The summed E-state index contributed by atoms with van der Waals surface area (Å²) < 4.78 is 0. The van der Waals surface area contributed by atoms with Crippen LogP contribution in [0.3, 0.4) is 0 Å². The molecular formula is C22H27ClN4O3. The van der Waals surface area contributed by atoms with Crippen LogP contribution in [0.15, 0.2) is 48.5 Å². The normalized spacial score (nSPS) is 18.0. The van der Waals surface area contributed by atoms with E-state index in [9.17, 15) is 14.4 Å². The number of hydrogen-bond donors (Lipinski definition) is 3. The van der Waals surface area contributed by atoms with Gasteiger partial charge in [-0.15, -0.1) is 12.4 Å². The van der Waals surface area contributed by atoms with Crippen LogP contribution in [-0.2, 0) is 21.7 Å². The quantitative estimate of drug-likeness (QED) is 0.589. The van der Waals surface area contributed by atoms with Crippen LogP contribution in [0, 0.1) is 6.92 Å². The fourth-order valence-electron chi connectivity index (χ4n) is 3.30. The Labute approximate surface area is 182 Å². The molecule has 3 rings (SSSR count). The third kappa shape index (κ3) is 4.98.